The van der Waals surface area contributed by atoms with Gasteiger partial charge in [-0.2, -0.15) is 0 Å². The van der Waals surface area contributed by atoms with Crippen molar-refractivity contribution in [1.82, 2.24) is 28.7 Å². The average Bonchev–Trinajstić information content (AvgIpc) is 3.65. The van der Waals surface area contributed by atoms with E-state index in [1.54, 1.807) is 0 Å². The highest BCUT2D eigenvalue weighted by Gasteiger charge is 2.18. The molecular formula is C36H24N6. The average molecular weight is 541 g/mol. The Morgan fingerprint density at radius 1 is 0.381 bits per heavy atom. The van der Waals surface area contributed by atoms with Crippen LogP contribution in [0.5, 0.6) is 0 Å². The third-order valence-electron chi connectivity index (χ3n) is 7.52. The van der Waals surface area contributed by atoms with Crippen molar-refractivity contribution in [3.63, 3.8) is 0 Å². The summed E-state index contributed by atoms with van der Waals surface area (Å²) in [6, 6.07) is 41.3. The predicted molar refractivity (Wildman–Crippen MR) is 167 cm³/mol. The van der Waals surface area contributed by atoms with Crippen LogP contribution in [0.1, 0.15) is 0 Å². The SMILES string of the molecule is c1ccc(-c2nc3ccccn3c2-c2ccc(-c3ccc(-c4c(-c5ccccn5)nc5ccccn45)cc3)cc2)nc1. The number of hydrogen-bond acceptors (Lipinski definition) is 4. The van der Waals surface area contributed by atoms with Crippen molar-refractivity contribution in [3.05, 3.63) is 146 Å². The van der Waals surface area contributed by atoms with Crippen LogP contribution in [0.2, 0.25) is 0 Å². The van der Waals surface area contributed by atoms with Gasteiger partial charge in [0, 0.05) is 35.9 Å². The summed E-state index contributed by atoms with van der Waals surface area (Å²) in [5.41, 5.74) is 11.7. The zero-order valence-electron chi connectivity index (χ0n) is 22.5. The Bertz CT molecular complexity index is 2000. The molecule has 0 saturated carbocycles. The van der Waals surface area contributed by atoms with Gasteiger partial charge in [0.05, 0.1) is 22.8 Å². The van der Waals surface area contributed by atoms with Gasteiger partial charge in [-0.3, -0.25) is 18.8 Å². The fraction of sp³-hybridized carbons (Fsp3) is 0. The van der Waals surface area contributed by atoms with Crippen LogP contribution in [-0.2, 0) is 0 Å². The largest absolute Gasteiger partial charge is 0.299 e. The van der Waals surface area contributed by atoms with E-state index in [1.165, 1.54) is 0 Å². The van der Waals surface area contributed by atoms with Gasteiger partial charge in [0.1, 0.15) is 22.7 Å². The molecule has 0 atom stereocenters. The summed E-state index contributed by atoms with van der Waals surface area (Å²) in [6.45, 7) is 0. The molecule has 8 rings (SSSR count). The molecule has 6 aromatic heterocycles. The monoisotopic (exact) mass is 540 g/mol. The van der Waals surface area contributed by atoms with Crippen molar-refractivity contribution >= 4 is 11.3 Å². The van der Waals surface area contributed by atoms with Crippen LogP contribution in [0.25, 0.3) is 67.7 Å². The van der Waals surface area contributed by atoms with Crippen LogP contribution < -0.4 is 0 Å². The second-order valence-electron chi connectivity index (χ2n) is 10.1. The molecule has 6 heteroatoms. The minimum Gasteiger partial charge on any atom is -0.299 e. The third kappa shape index (κ3) is 4.05. The fourth-order valence-corrected chi connectivity index (χ4v) is 5.55. The predicted octanol–water partition coefficient (Wildman–Crippen LogP) is 8.11. The standard InChI is InChI=1S/C36H24N6/c1-5-21-37-29(9-1)33-35(41-23-7-3-11-31(41)39-33)27-17-13-25(14-18-27)26-15-19-28(20-16-26)36-34(30-10-2-6-22-38-30)40-32-12-4-8-24-42(32)36/h1-24H. The lowest BCUT2D eigenvalue weighted by atomic mass is 9.99. The summed E-state index contributed by atoms with van der Waals surface area (Å²) >= 11 is 0. The van der Waals surface area contributed by atoms with Gasteiger partial charge in [0.25, 0.3) is 0 Å². The number of rotatable bonds is 5. The summed E-state index contributed by atoms with van der Waals surface area (Å²) in [4.78, 5) is 19.0. The number of aromatic nitrogens is 6. The van der Waals surface area contributed by atoms with E-state index < -0.39 is 0 Å². The second kappa shape index (κ2) is 9.94. The molecule has 6 nitrogen and oxygen atoms in total. The number of fused-ring (bicyclic) bond motifs is 2. The van der Waals surface area contributed by atoms with Crippen molar-refractivity contribution in [2.45, 2.75) is 0 Å². The van der Waals surface area contributed by atoms with E-state index in [1.807, 2.05) is 85.2 Å². The van der Waals surface area contributed by atoms with Crippen LogP contribution in [0.3, 0.4) is 0 Å². The van der Waals surface area contributed by atoms with Gasteiger partial charge in [-0.05, 0) is 59.7 Å². The Labute approximate surface area is 242 Å². The molecule has 0 bridgehead atoms. The van der Waals surface area contributed by atoms with E-state index in [4.69, 9.17) is 9.97 Å². The number of pyridine rings is 4. The molecule has 198 valence electrons. The summed E-state index contributed by atoms with van der Waals surface area (Å²) in [5.74, 6) is 0. The molecule has 0 amide bonds. The van der Waals surface area contributed by atoms with Gasteiger partial charge in [-0.25, -0.2) is 9.97 Å². The Morgan fingerprint density at radius 2 is 0.786 bits per heavy atom. The molecule has 6 heterocycles. The Balaban J connectivity index is 1.17. The number of benzene rings is 2. The van der Waals surface area contributed by atoms with Gasteiger partial charge in [0.2, 0.25) is 0 Å². The zero-order valence-corrected chi connectivity index (χ0v) is 22.5. The van der Waals surface area contributed by atoms with Crippen molar-refractivity contribution in [3.8, 4) is 56.4 Å². The van der Waals surface area contributed by atoms with Gasteiger partial charge >= 0.3 is 0 Å². The highest BCUT2D eigenvalue weighted by molar-refractivity contribution is 5.83. The first-order valence-corrected chi connectivity index (χ1v) is 13.8. The minimum absolute atomic E-state index is 0.855. The van der Waals surface area contributed by atoms with Crippen LogP contribution in [0.15, 0.2) is 146 Å². The van der Waals surface area contributed by atoms with E-state index in [0.29, 0.717) is 0 Å². The Morgan fingerprint density at radius 3 is 1.19 bits per heavy atom. The molecule has 2 aromatic carbocycles. The molecule has 0 radical (unpaired) electrons. The molecule has 0 unspecified atom stereocenters. The van der Waals surface area contributed by atoms with Crippen molar-refractivity contribution in [1.29, 1.82) is 0 Å². The van der Waals surface area contributed by atoms with Crippen LogP contribution >= 0.6 is 0 Å². The van der Waals surface area contributed by atoms with Gasteiger partial charge < -0.3 is 0 Å². The lowest BCUT2D eigenvalue weighted by Gasteiger charge is -2.09. The summed E-state index contributed by atoms with van der Waals surface area (Å²) in [5, 5.41) is 0. The van der Waals surface area contributed by atoms with Crippen LogP contribution in [0, 0.1) is 0 Å². The van der Waals surface area contributed by atoms with E-state index in [0.717, 1.165) is 67.7 Å². The van der Waals surface area contributed by atoms with Gasteiger partial charge in [-0.1, -0.05) is 72.8 Å². The highest BCUT2D eigenvalue weighted by atomic mass is 15.0. The molecule has 42 heavy (non-hydrogen) atoms. The molecule has 0 fully saturated rings. The first-order valence-electron chi connectivity index (χ1n) is 13.8. The quantitative estimate of drug-likeness (QED) is 0.221. The topological polar surface area (TPSA) is 60.4 Å². The normalized spacial score (nSPS) is 11.3. The molecule has 0 aliphatic heterocycles. The fourth-order valence-electron chi connectivity index (χ4n) is 5.55. The lowest BCUT2D eigenvalue weighted by molar-refractivity contribution is 1.19. The number of hydrogen-bond donors (Lipinski definition) is 0. The second-order valence-corrected chi connectivity index (χ2v) is 10.1. The summed E-state index contributed by atoms with van der Waals surface area (Å²) in [6.07, 6.45) is 7.72. The Hall–Kier alpha value is -5.88. The summed E-state index contributed by atoms with van der Waals surface area (Å²) < 4.78 is 4.26. The maximum absolute atomic E-state index is 4.91. The molecule has 0 aliphatic rings. The zero-order chi connectivity index (χ0) is 27.9. The molecule has 0 spiro atoms. The van der Waals surface area contributed by atoms with Crippen molar-refractivity contribution in [2.24, 2.45) is 0 Å². The maximum Gasteiger partial charge on any atom is 0.138 e. The third-order valence-corrected chi connectivity index (χ3v) is 7.52. The van der Waals surface area contributed by atoms with Crippen LogP contribution in [0.4, 0.5) is 0 Å². The van der Waals surface area contributed by atoms with Gasteiger partial charge in [0.15, 0.2) is 0 Å². The van der Waals surface area contributed by atoms with Gasteiger partial charge in [-0.15, -0.1) is 0 Å². The number of imidazole rings is 2. The maximum atomic E-state index is 4.91. The Kier molecular flexibility index (Phi) is 5.67. The van der Waals surface area contributed by atoms with Crippen molar-refractivity contribution in [2.75, 3.05) is 0 Å². The van der Waals surface area contributed by atoms with E-state index >= 15 is 0 Å². The minimum atomic E-state index is 0.855. The molecular weight excluding hydrogens is 516 g/mol. The van der Waals surface area contributed by atoms with E-state index in [-0.39, 0.29) is 0 Å². The van der Waals surface area contributed by atoms with E-state index in [9.17, 15) is 0 Å². The first kappa shape index (κ1) is 24.0. The highest BCUT2D eigenvalue weighted by Crippen LogP contribution is 2.35. The van der Waals surface area contributed by atoms with Crippen LogP contribution in [-0.4, -0.2) is 28.7 Å². The first-order chi connectivity index (χ1) is 20.8. The van der Waals surface area contributed by atoms with Crippen molar-refractivity contribution < 1.29 is 0 Å². The summed E-state index contributed by atoms with van der Waals surface area (Å²) in [7, 11) is 0. The smallest absolute Gasteiger partial charge is 0.138 e. The lowest BCUT2D eigenvalue weighted by Crippen LogP contribution is -1.91. The number of nitrogens with zero attached hydrogens (tertiary/aromatic N) is 6. The molecule has 0 aliphatic carbocycles. The molecule has 0 saturated heterocycles. The molecule has 0 N–H and O–H groups in total. The van der Waals surface area contributed by atoms with E-state index in [2.05, 4.69) is 79.7 Å². The molecule has 8 aromatic rings.